The van der Waals surface area contributed by atoms with Crippen molar-refractivity contribution in [3.8, 4) is 0 Å². The number of carbonyl (C=O) groups excluding carboxylic acids is 1. The fraction of sp³-hybridized carbons (Fsp3) is 0.172. The Morgan fingerprint density at radius 3 is 2.62 bits per heavy atom. The van der Waals surface area contributed by atoms with Gasteiger partial charge in [-0.1, -0.05) is 35.3 Å². The van der Waals surface area contributed by atoms with Gasteiger partial charge in [0.2, 0.25) is 5.95 Å². The number of anilines is 2. The van der Waals surface area contributed by atoms with Crippen LogP contribution in [0.25, 0.3) is 11.1 Å². The second-order valence-electron chi connectivity index (χ2n) is 9.66. The molecule has 1 amide bonds. The summed E-state index contributed by atoms with van der Waals surface area (Å²) in [6, 6.07) is 8.69. The molecule has 3 heterocycles. The van der Waals surface area contributed by atoms with Crippen LogP contribution in [0.15, 0.2) is 71.5 Å². The van der Waals surface area contributed by atoms with Crippen LogP contribution in [0.2, 0.25) is 5.02 Å². The monoisotopic (exact) mass is 578 g/mol. The number of rotatable bonds is 4. The Kier molecular flexibility index (Phi) is 6.95. The van der Waals surface area contributed by atoms with Gasteiger partial charge in [0.05, 0.1) is 21.8 Å². The molecular formula is C29H22Cl2F2N6O. The zero-order valence-electron chi connectivity index (χ0n) is 21.0. The number of likely N-dealkylation sites (tertiary alicyclic amines) is 1. The van der Waals surface area contributed by atoms with Crippen LogP contribution in [-0.2, 0) is 6.42 Å². The maximum absolute atomic E-state index is 14.8. The van der Waals surface area contributed by atoms with E-state index in [-0.39, 0.29) is 39.2 Å². The number of aliphatic imine (C=N–C) groups is 1. The number of halogens is 4. The van der Waals surface area contributed by atoms with Crippen LogP contribution in [0.1, 0.15) is 33.6 Å². The molecule has 1 aromatic heterocycles. The lowest BCUT2D eigenvalue weighted by atomic mass is 9.84. The third kappa shape index (κ3) is 4.92. The van der Waals surface area contributed by atoms with Gasteiger partial charge in [0.15, 0.2) is 0 Å². The van der Waals surface area contributed by atoms with Crippen LogP contribution in [-0.4, -0.2) is 45.1 Å². The number of fused-ring (bicyclic) bond motifs is 3. The largest absolute Gasteiger partial charge is 0.337 e. The first kappa shape index (κ1) is 26.3. The first-order chi connectivity index (χ1) is 19.3. The van der Waals surface area contributed by atoms with Crippen LogP contribution in [0.3, 0.4) is 0 Å². The fourth-order valence-electron chi connectivity index (χ4n) is 5.04. The number of hydrogen-bond donors (Lipinski definition) is 2. The fourth-order valence-corrected chi connectivity index (χ4v) is 5.46. The molecule has 1 unspecified atom stereocenters. The number of nitrogens with two attached hydrogens (primary N) is 1. The van der Waals surface area contributed by atoms with Crippen molar-refractivity contribution in [2.75, 3.05) is 18.4 Å². The molecule has 3 aliphatic rings. The normalized spacial score (nSPS) is 18.1. The third-order valence-electron chi connectivity index (χ3n) is 7.01. The van der Waals surface area contributed by atoms with Gasteiger partial charge in [-0.3, -0.25) is 4.79 Å². The molecule has 2 aliphatic heterocycles. The third-order valence-corrected chi connectivity index (χ3v) is 7.53. The van der Waals surface area contributed by atoms with Gasteiger partial charge in [-0.05, 0) is 60.4 Å². The summed E-state index contributed by atoms with van der Waals surface area (Å²) in [5, 5.41) is 3.49. The van der Waals surface area contributed by atoms with Crippen molar-refractivity contribution in [3.63, 3.8) is 0 Å². The summed E-state index contributed by atoms with van der Waals surface area (Å²) >= 11 is 12.7. The SMILES string of the molecule is NC1CCN(C(=O)c2ccc(Nc3ncc4c(n3)C3=CN=C(Cl)C=C(c5c(F)cccc5F)C3=CC4)cc2Cl)C1. The molecule has 1 atom stereocenters. The van der Waals surface area contributed by atoms with Gasteiger partial charge in [-0.15, -0.1) is 0 Å². The molecule has 202 valence electrons. The highest BCUT2D eigenvalue weighted by Crippen LogP contribution is 2.41. The molecule has 2 aromatic carbocycles. The van der Waals surface area contributed by atoms with E-state index in [1.165, 1.54) is 30.5 Å². The number of nitrogens with zero attached hydrogens (tertiary/aromatic N) is 4. The lowest BCUT2D eigenvalue weighted by Gasteiger charge is -2.22. The number of nitrogens with one attached hydrogen (secondary N) is 1. The minimum Gasteiger partial charge on any atom is -0.337 e. The Morgan fingerprint density at radius 2 is 1.90 bits per heavy atom. The highest BCUT2D eigenvalue weighted by molar-refractivity contribution is 6.69. The molecule has 40 heavy (non-hydrogen) atoms. The van der Waals surface area contributed by atoms with E-state index in [1.54, 1.807) is 29.3 Å². The molecule has 0 saturated carbocycles. The quantitative estimate of drug-likeness (QED) is 0.403. The summed E-state index contributed by atoms with van der Waals surface area (Å²) in [6.07, 6.45) is 7.72. The molecular weight excluding hydrogens is 557 g/mol. The molecule has 3 aromatic rings. The van der Waals surface area contributed by atoms with E-state index in [9.17, 15) is 13.6 Å². The smallest absolute Gasteiger partial charge is 0.255 e. The maximum Gasteiger partial charge on any atom is 0.255 e. The van der Waals surface area contributed by atoms with Crippen LogP contribution in [0.5, 0.6) is 0 Å². The van der Waals surface area contributed by atoms with E-state index >= 15 is 0 Å². The van der Waals surface area contributed by atoms with Gasteiger partial charge >= 0.3 is 0 Å². The van der Waals surface area contributed by atoms with E-state index in [1.807, 2.05) is 6.08 Å². The van der Waals surface area contributed by atoms with Gasteiger partial charge in [0, 0.05) is 48.4 Å². The first-order valence-corrected chi connectivity index (χ1v) is 13.3. The van der Waals surface area contributed by atoms with Crippen molar-refractivity contribution in [2.45, 2.75) is 18.9 Å². The lowest BCUT2D eigenvalue weighted by Crippen LogP contribution is -2.32. The van der Waals surface area contributed by atoms with E-state index in [0.717, 1.165) is 12.0 Å². The van der Waals surface area contributed by atoms with Crippen molar-refractivity contribution < 1.29 is 13.6 Å². The summed E-state index contributed by atoms with van der Waals surface area (Å²) in [5.41, 5.74) is 9.47. The number of aromatic nitrogens is 2. The minimum atomic E-state index is -0.708. The van der Waals surface area contributed by atoms with Gasteiger partial charge in [-0.25, -0.2) is 23.7 Å². The Balaban J connectivity index is 1.30. The molecule has 1 saturated heterocycles. The van der Waals surface area contributed by atoms with Crippen molar-refractivity contribution in [2.24, 2.45) is 10.7 Å². The molecule has 11 heteroatoms. The van der Waals surface area contributed by atoms with Crippen LogP contribution in [0.4, 0.5) is 20.4 Å². The highest BCUT2D eigenvalue weighted by atomic mass is 35.5. The first-order valence-electron chi connectivity index (χ1n) is 12.6. The van der Waals surface area contributed by atoms with E-state index in [2.05, 4.69) is 15.3 Å². The molecule has 1 aliphatic carbocycles. The molecule has 7 nitrogen and oxygen atoms in total. The molecule has 1 fully saturated rings. The zero-order valence-corrected chi connectivity index (χ0v) is 22.5. The Bertz CT molecular complexity index is 1660. The van der Waals surface area contributed by atoms with Gasteiger partial charge in [0.1, 0.15) is 16.8 Å². The summed E-state index contributed by atoms with van der Waals surface area (Å²) in [6.45, 7) is 1.10. The van der Waals surface area contributed by atoms with E-state index < -0.39 is 11.6 Å². The maximum atomic E-state index is 14.8. The molecule has 0 bridgehead atoms. The van der Waals surface area contributed by atoms with Crippen molar-refractivity contribution in [1.29, 1.82) is 0 Å². The topological polar surface area (TPSA) is 96.5 Å². The van der Waals surface area contributed by atoms with Crippen LogP contribution in [0, 0.1) is 11.6 Å². The number of benzene rings is 2. The highest BCUT2D eigenvalue weighted by Gasteiger charge is 2.28. The predicted octanol–water partition coefficient (Wildman–Crippen LogP) is 5.88. The van der Waals surface area contributed by atoms with Crippen molar-refractivity contribution >= 4 is 57.1 Å². The van der Waals surface area contributed by atoms with Crippen molar-refractivity contribution in [3.05, 3.63) is 106 Å². The molecule has 0 radical (unpaired) electrons. The summed E-state index contributed by atoms with van der Waals surface area (Å²) in [7, 11) is 0. The number of amides is 1. The van der Waals surface area contributed by atoms with Crippen LogP contribution >= 0.6 is 23.2 Å². The minimum absolute atomic E-state index is 0.0252. The Morgan fingerprint density at radius 1 is 1.10 bits per heavy atom. The van der Waals surface area contributed by atoms with Gasteiger partial charge in [0.25, 0.3) is 5.91 Å². The van der Waals surface area contributed by atoms with E-state index in [4.69, 9.17) is 33.9 Å². The zero-order chi connectivity index (χ0) is 28.0. The lowest BCUT2D eigenvalue weighted by molar-refractivity contribution is 0.0791. The van der Waals surface area contributed by atoms with Crippen LogP contribution < -0.4 is 11.1 Å². The number of hydrogen-bond acceptors (Lipinski definition) is 6. The number of allylic oxidation sites excluding steroid dienone is 5. The predicted molar refractivity (Wildman–Crippen MR) is 153 cm³/mol. The van der Waals surface area contributed by atoms with Gasteiger partial charge in [-0.2, -0.15) is 0 Å². The second kappa shape index (κ2) is 10.6. The Labute approximate surface area is 238 Å². The van der Waals surface area contributed by atoms with Crippen molar-refractivity contribution in [1.82, 2.24) is 14.9 Å². The number of carbonyl (C=O) groups is 1. The Hall–Kier alpha value is -3.92. The average Bonchev–Trinajstić information content (AvgIpc) is 3.29. The second-order valence-corrected chi connectivity index (χ2v) is 10.5. The average molecular weight is 579 g/mol. The standard InChI is InChI=1S/C29H22Cl2F2N6O/c30-22-10-17(5-7-19(22)28(40)39-9-8-16(34)14-39)37-29-36-12-15-4-6-18-20(26-23(32)2-1-3-24(26)33)11-25(31)35-13-21(18)27(15)38-29/h1-3,5-7,10-13,16H,4,8-9,14,34H2,(H,36,37,38). The molecule has 3 N–H and O–H groups in total. The summed E-state index contributed by atoms with van der Waals surface area (Å²) < 4.78 is 29.6. The molecule has 0 spiro atoms. The summed E-state index contributed by atoms with van der Waals surface area (Å²) in [5.74, 6) is -1.31. The molecule has 6 rings (SSSR count). The summed E-state index contributed by atoms with van der Waals surface area (Å²) in [4.78, 5) is 27.9. The van der Waals surface area contributed by atoms with E-state index in [0.29, 0.717) is 47.6 Å². The van der Waals surface area contributed by atoms with Gasteiger partial charge < -0.3 is 16.0 Å².